The molecule has 44 radical (unpaired) electrons. The predicted octanol–water partition coefficient (Wildman–Crippen LogP) is -13.5. The Hall–Kier alpha value is -5.94. The molecule has 0 saturated carbocycles. The van der Waals surface area contributed by atoms with Gasteiger partial charge in [0.05, 0.1) is 0 Å². The van der Waals surface area contributed by atoms with Gasteiger partial charge in [-0.25, -0.2) is 15.0 Å². The Morgan fingerprint density at radius 3 is 1.04 bits per heavy atom. The lowest BCUT2D eigenvalue weighted by atomic mass is 9.58. The largest absolute Gasteiger partial charge is 0.457 e. The molecule has 8 aromatic carbocycles. The van der Waals surface area contributed by atoms with E-state index in [-0.39, 0.29) is 204 Å². The number of anilines is 3. The van der Waals surface area contributed by atoms with Crippen LogP contribution in [0.2, 0.25) is 0 Å². The third kappa shape index (κ3) is 7.80. The Bertz CT molecular complexity index is 4100. The van der Waals surface area contributed by atoms with E-state index in [1.54, 1.807) is 0 Å². The summed E-state index contributed by atoms with van der Waals surface area (Å²) in [6.45, 7) is 0. The summed E-state index contributed by atoms with van der Waals surface area (Å²) in [4.78, 5) is 16.1. The van der Waals surface area contributed by atoms with E-state index < -0.39 is 0 Å². The van der Waals surface area contributed by atoms with Crippen LogP contribution >= 0.6 is 0 Å². The molecule has 10 aromatic rings. The third-order valence-electron chi connectivity index (χ3n) is 13.7. The average Bonchev–Trinajstić information content (AvgIpc) is 4.03. The van der Waals surface area contributed by atoms with Crippen molar-refractivity contribution in [2.24, 2.45) is 0 Å². The van der Waals surface area contributed by atoms with Gasteiger partial charge < -0.3 is 9.32 Å². The Labute approximate surface area is 469 Å². The van der Waals surface area contributed by atoms with Crippen molar-refractivity contribution in [1.29, 1.82) is 0 Å². The molecule has 2 aromatic heterocycles. The summed E-state index contributed by atoms with van der Waals surface area (Å²) in [6.07, 6.45) is 0. The van der Waals surface area contributed by atoms with Gasteiger partial charge in [-0.1, -0.05) is 137 Å². The summed E-state index contributed by atoms with van der Waals surface area (Å²) in [5.74, 6) is 0.504. The fourth-order valence-corrected chi connectivity index (χ4v) is 9.69. The predicted molar refractivity (Wildman–Crippen MR) is 340 cm³/mol. The second-order valence-electron chi connectivity index (χ2n) is 17.9. The number of furan rings is 1. The first-order chi connectivity index (χ1) is 35.9. The highest BCUT2D eigenvalue weighted by Crippen LogP contribution is 2.36. The minimum atomic E-state index is -0.340. The molecule has 298 valence electrons. The standard InChI is InChI=1S/C49H10B22N4O/c50-20-14(28(58)45-13(18-26(56)31(61)35(65)41(71)46(18)76-45)19(20)49-73-47(11-7-3-1-4-8-11)72-48(74-49)12-9-5-2-6-10-12)15-23(53)37(67)43(38(68)24(15)54)75(44-39(69)33(63)32(62)34(64)40(44)70)42-27(57)17-16(25(55)36(42)66)21(51)29(59)30(60)22(17)52/h1-10H. The lowest BCUT2D eigenvalue weighted by Gasteiger charge is -2.40. The molecule has 0 aliphatic rings. The quantitative estimate of drug-likeness (QED) is 0.149. The second kappa shape index (κ2) is 19.5. The van der Waals surface area contributed by atoms with Gasteiger partial charge in [-0.3, -0.25) is 0 Å². The van der Waals surface area contributed by atoms with Crippen LogP contribution in [0.15, 0.2) is 65.1 Å². The molecule has 0 bridgehead atoms. The minimum Gasteiger partial charge on any atom is -0.457 e. The van der Waals surface area contributed by atoms with Gasteiger partial charge in [0.2, 0.25) is 0 Å². The molecule has 0 unspecified atom stereocenters. The first kappa shape index (κ1) is 53.5. The number of benzene rings is 8. The summed E-state index contributed by atoms with van der Waals surface area (Å²) in [5, 5.41) is 0.445. The molecular weight excluding hydrogens is 898 g/mol. The molecule has 0 saturated heterocycles. The van der Waals surface area contributed by atoms with Crippen LogP contribution in [0.3, 0.4) is 0 Å². The van der Waals surface area contributed by atoms with E-state index in [1.165, 1.54) is 4.90 Å². The lowest BCUT2D eigenvalue weighted by molar-refractivity contribution is 0.675. The van der Waals surface area contributed by atoms with Crippen molar-refractivity contribution in [3.05, 3.63) is 60.7 Å². The summed E-state index contributed by atoms with van der Waals surface area (Å²) in [5.41, 5.74) is -3.49. The number of aromatic nitrogens is 3. The molecule has 76 heavy (non-hydrogen) atoms. The van der Waals surface area contributed by atoms with Crippen LogP contribution in [0.5, 0.6) is 0 Å². The van der Waals surface area contributed by atoms with Gasteiger partial charge in [0.1, 0.15) is 184 Å². The highest BCUT2D eigenvalue weighted by molar-refractivity contribution is 6.75. The van der Waals surface area contributed by atoms with E-state index in [9.17, 15) is 0 Å². The molecule has 10 rings (SSSR count). The van der Waals surface area contributed by atoms with Crippen LogP contribution in [-0.2, 0) is 0 Å². The molecule has 0 aliphatic heterocycles. The summed E-state index contributed by atoms with van der Waals surface area (Å²) < 4.78 is 6.54. The minimum absolute atomic E-state index is 0.0000284. The van der Waals surface area contributed by atoms with Gasteiger partial charge in [-0.05, 0) is 27.4 Å². The average molecular weight is 909 g/mol. The Balaban J connectivity index is 1.36. The summed E-state index contributed by atoms with van der Waals surface area (Å²) >= 11 is 0. The molecule has 5 nitrogen and oxygen atoms in total. The first-order valence-corrected chi connectivity index (χ1v) is 22.6. The zero-order chi connectivity index (χ0) is 55.0. The van der Waals surface area contributed by atoms with E-state index >= 15 is 0 Å². The molecule has 0 amide bonds. The summed E-state index contributed by atoms with van der Waals surface area (Å²) in [6, 6.07) is 18.3. The first-order valence-electron chi connectivity index (χ1n) is 22.6. The number of fused-ring (bicyclic) bond motifs is 4. The van der Waals surface area contributed by atoms with Crippen LogP contribution in [0.25, 0.3) is 78.0 Å². The van der Waals surface area contributed by atoms with Crippen molar-refractivity contribution in [2.45, 2.75) is 0 Å². The summed E-state index contributed by atoms with van der Waals surface area (Å²) in [7, 11) is 149. The normalized spacial score (nSPS) is 11.5. The second-order valence-corrected chi connectivity index (χ2v) is 17.9. The van der Waals surface area contributed by atoms with Crippen molar-refractivity contribution >= 4 is 343 Å². The van der Waals surface area contributed by atoms with Crippen LogP contribution in [0.1, 0.15) is 0 Å². The van der Waals surface area contributed by atoms with E-state index in [2.05, 4.69) is 0 Å². The van der Waals surface area contributed by atoms with Crippen LogP contribution in [0.4, 0.5) is 17.1 Å². The number of nitrogens with zero attached hydrogens (tertiary/aromatic N) is 4. The number of rotatable bonds is 7. The molecular formula is C49H10B22N4O. The van der Waals surface area contributed by atoms with Crippen LogP contribution in [-0.4, -0.2) is 188 Å². The van der Waals surface area contributed by atoms with Crippen LogP contribution < -0.4 is 125 Å². The Morgan fingerprint density at radius 2 is 0.566 bits per heavy atom. The smallest absolute Gasteiger partial charge is 0.164 e. The van der Waals surface area contributed by atoms with Gasteiger partial charge in [0, 0.05) is 44.5 Å². The molecule has 0 atom stereocenters. The third-order valence-corrected chi connectivity index (χ3v) is 13.7. The van der Waals surface area contributed by atoms with Crippen molar-refractivity contribution in [1.82, 2.24) is 15.0 Å². The maximum absolute atomic E-state index is 7.45. The number of hydrogen-bond acceptors (Lipinski definition) is 5. The topological polar surface area (TPSA) is 55.1 Å². The SMILES string of the molecule is [B]c1c([B])c([B])c(N(c2c([B])c([B])c(-c3c([B])c(-c4nc(-c5ccccc5)nc(-c5ccccc5)n4)c4c(oc5c([B])c([B])c([B])c([B])c54)c3[B])c([B])c2[B])c2c([B])c([B])c3c([B])c([B])c([B])c([B])c3c2[B])c([B])c1[B]. The van der Waals surface area contributed by atoms with E-state index in [0.29, 0.717) is 11.1 Å². The van der Waals surface area contributed by atoms with Gasteiger partial charge >= 0.3 is 0 Å². The maximum atomic E-state index is 7.45. The Kier molecular flexibility index (Phi) is 13.7. The van der Waals surface area contributed by atoms with E-state index in [4.69, 9.17) is 192 Å². The maximum Gasteiger partial charge on any atom is 0.164 e. The molecule has 27 heteroatoms. The van der Waals surface area contributed by atoms with Crippen molar-refractivity contribution < 1.29 is 4.42 Å². The number of hydrogen-bond donors (Lipinski definition) is 0. The Morgan fingerprint density at radius 1 is 0.250 bits per heavy atom. The fourth-order valence-electron chi connectivity index (χ4n) is 9.69. The van der Waals surface area contributed by atoms with Crippen molar-refractivity contribution in [2.75, 3.05) is 4.90 Å². The van der Waals surface area contributed by atoms with Gasteiger partial charge in [0.25, 0.3) is 0 Å². The molecule has 0 fully saturated rings. The van der Waals surface area contributed by atoms with Crippen molar-refractivity contribution in [3.8, 4) is 45.3 Å². The monoisotopic (exact) mass is 912 g/mol. The zero-order valence-corrected chi connectivity index (χ0v) is 40.2. The molecule has 2 heterocycles. The highest BCUT2D eigenvalue weighted by Gasteiger charge is 2.32. The van der Waals surface area contributed by atoms with E-state index in [0.717, 1.165) is 0 Å². The van der Waals surface area contributed by atoms with Crippen LogP contribution in [0, 0.1) is 0 Å². The molecule has 0 spiro atoms. The van der Waals surface area contributed by atoms with Gasteiger partial charge in [-0.15, -0.1) is 38.2 Å². The van der Waals surface area contributed by atoms with E-state index in [1.807, 2.05) is 60.7 Å². The van der Waals surface area contributed by atoms with Gasteiger partial charge in [-0.2, -0.15) is 0 Å². The molecule has 0 aliphatic carbocycles. The highest BCUT2D eigenvalue weighted by atomic mass is 16.3. The zero-order valence-electron chi connectivity index (χ0n) is 40.2. The fraction of sp³-hybridized carbons (Fsp3) is 0. The lowest BCUT2D eigenvalue weighted by Crippen LogP contribution is -2.58. The molecule has 0 N–H and O–H groups in total. The van der Waals surface area contributed by atoms with Crippen molar-refractivity contribution in [3.63, 3.8) is 0 Å². The van der Waals surface area contributed by atoms with Gasteiger partial charge in [0.15, 0.2) is 17.5 Å².